The molecule has 0 bridgehead atoms. The van der Waals surface area contributed by atoms with Crippen molar-refractivity contribution < 1.29 is 17.9 Å². The van der Waals surface area contributed by atoms with Crippen molar-refractivity contribution in [3.63, 3.8) is 0 Å². The molecule has 7 heteroatoms. The van der Waals surface area contributed by atoms with Crippen LogP contribution in [0.25, 0.3) is 0 Å². The number of amides is 1. The Hall–Kier alpha value is -1.27. The third-order valence-corrected chi connectivity index (χ3v) is 4.96. The zero-order valence-electron chi connectivity index (χ0n) is 14.8. The number of carbonyl (C=O) groups is 1. The number of alkyl carbamates (subject to hydrolysis) is 1. The smallest absolute Gasteiger partial charge is 0.407 e. The molecule has 1 atom stereocenters. The van der Waals surface area contributed by atoms with Crippen LogP contribution in [0.3, 0.4) is 0 Å². The van der Waals surface area contributed by atoms with Crippen LogP contribution in [0.1, 0.15) is 46.1 Å². The van der Waals surface area contributed by atoms with E-state index in [1.165, 1.54) is 0 Å². The Kier molecular flexibility index (Phi) is 6.70. The Balaban J connectivity index is 2.97. The molecule has 0 spiro atoms. The quantitative estimate of drug-likeness (QED) is 0.765. The van der Waals surface area contributed by atoms with Gasteiger partial charge in [0.2, 0.25) is 9.05 Å². The lowest BCUT2D eigenvalue weighted by atomic mass is 9.76. The topological polar surface area (TPSA) is 72.5 Å². The fourth-order valence-corrected chi connectivity index (χ4v) is 4.51. The zero-order valence-corrected chi connectivity index (χ0v) is 16.4. The average molecular weight is 376 g/mol. The van der Waals surface area contributed by atoms with Crippen LogP contribution < -0.4 is 5.32 Å². The number of hydrogen-bond donors (Lipinski definition) is 1. The first-order chi connectivity index (χ1) is 10.8. The maximum Gasteiger partial charge on any atom is 0.407 e. The molecular formula is C17H26ClNO4S. The van der Waals surface area contributed by atoms with Crippen molar-refractivity contribution in [2.75, 3.05) is 12.3 Å². The van der Waals surface area contributed by atoms with Crippen molar-refractivity contribution in [2.45, 2.75) is 46.1 Å². The monoisotopic (exact) mass is 375 g/mol. The molecule has 24 heavy (non-hydrogen) atoms. The fraction of sp³-hybridized carbons (Fsp3) is 0.588. The second-order valence-corrected chi connectivity index (χ2v) is 10.3. The molecule has 1 rings (SSSR count). The van der Waals surface area contributed by atoms with Crippen molar-refractivity contribution in [2.24, 2.45) is 5.41 Å². The predicted octanol–water partition coefficient (Wildman–Crippen LogP) is 3.89. The highest BCUT2D eigenvalue weighted by atomic mass is 35.7. The number of hydrogen-bond acceptors (Lipinski definition) is 4. The van der Waals surface area contributed by atoms with Crippen LogP contribution in [0.15, 0.2) is 30.3 Å². The van der Waals surface area contributed by atoms with Crippen molar-refractivity contribution in [3.05, 3.63) is 35.9 Å². The highest BCUT2D eigenvalue weighted by Crippen LogP contribution is 2.37. The van der Waals surface area contributed by atoms with E-state index < -0.39 is 26.2 Å². The molecule has 1 amide bonds. The molecule has 1 unspecified atom stereocenters. The number of nitrogens with one attached hydrogen (secondary N) is 1. The molecule has 0 saturated heterocycles. The zero-order chi connectivity index (χ0) is 18.6. The Morgan fingerprint density at radius 2 is 1.71 bits per heavy atom. The van der Waals surface area contributed by atoms with Gasteiger partial charge in [0.1, 0.15) is 5.60 Å². The molecule has 0 aromatic heterocycles. The minimum Gasteiger partial charge on any atom is -0.444 e. The van der Waals surface area contributed by atoms with Gasteiger partial charge in [-0.3, -0.25) is 0 Å². The first-order valence-corrected chi connectivity index (χ1v) is 10.2. The van der Waals surface area contributed by atoms with Crippen LogP contribution in [-0.4, -0.2) is 32.4 Å². The summed E-state index contributed by atoms with van der Waals surface area (Å²) >= 11 is 0. The van der Waals surface area contributed by atoms with Gasteiger partial charge in [-0.15, -0.1) is 0 Å². The van der Waals surface area contributed by atoms with Crippen molar-refractivity contribution >= 4 is 25.8 Å². The van der Waals surface area contributed by atoms with Gasteiger partial charge >= 0.3 is 6.09 Å². The molecule has 0 saturated carbocycles. The number of halogens is 1. The molecule has 0 aliphatic heterocycles. The van der Waals surface area contributed by atoms with E-state index in [1.807, 2.05) is 44.2 Å². The standard InChI is InChI=1S/C17H26ClNO4S/c1-16(2,3)23-15(20)19-11-14(13-9-7-6-8-10-13)17(4,5)12-24(18,21)22/h6-10,14H,11-12H2,1-5H3,(H,19,20). The molecule has 0 aliphatic rings. The second-order valence-electron chi connectivity index (χ2n) is 7.52. The van der Waals surface area contributed by atoms with Gasteiger partial charge in [0.05, 0.1) is 5.75 Å². The number of carbonyl (C=O) groups excluding carboxylic acids is 1. The van der Waals surface area contributed by atoms with Gasteiger partial charge in [-0.05, 0) is 31.7 Å². The summed E-state index contributed by atoms with van der Waals surface area (Å²) in [7, 11) is 1.79. The highest BCUT2D eigenvalue weighted by Gasteiger charge is 2.35. The van der Waals surface area contributed by atoms with Gasteiger partial charge in [-0.25, -0.2) is 13.2 Å². The third-order valence-electron chi connectivity index (χ3n) is 3.54. The minimum atomic E-state index is -3.67. The second kappa shape index (κ2) is 7.74. The summed E-state index contributed by atoms with van der Waals surface area (Å²) < 4.78 is 28.4. The van der Waals surface area contributed by atoms with Crippen LogP contribution in [0.2, 0.25) is 0 Å². The van der Waals surface area contributed by atoms with Gasteiger partial charge in [0.15, 0.2) is 0 Å². The van der Waals surface area contributed by atoms with Gasteiger partial charge in [-0.2, -0.15) is 0 Å². The normalized spacial score (nSPS) is 14.1. The van der Waals surface area contributed by atoms with E-state index in [2.05, 4.69) is 5.32 Å². The Morgan fingerprint density at radius 1 is 1.17 bits per heavy atom. The maximum absolute atomic E-state index is 11.9. The lowest BCUT2D eigenvalue weighted by Gasteiger charge is -2.34. The number of benzene rings is 1. The molecule has 0 heterocycles. The number of rotatable bonds is 6. The van der Waals surface area contributed by atoms with Crippen molar-refractivity contribution in [3.8, 4) is 0 Å². The first-order valence-electron chi connectivity index (χ1n) is 7.74. The largest absolute Gasteiger partial charge is 0.444 e. The maximum atomic E-state index is 11.9. The SMILES string of the molecule is CC(C)(C)OC(=O)NCC(c1ccccc1)C(C)(C)CS(=O)(=O)Cl. The van der Waals surface area contributed by atoms with Crippen molar-refractivity contribution in [1.82, 2.24) is 5.32 Å². The lowest BCUT2D eigenvalue weighted by Crippen LogP contribution is -2.40. The molecule has 1 aromatic carbocycles. The summed E-state index contributed by atoms with van der Waals surface area (Å²) in [6.45, 7) is 9.24. The van der Waals surface area contributed by atoms with Gasteiger partial charge in [-0.1, -0.05) is 44.2 Å². The van der Waals surface area contributed by atoms with E-state index in [1.54, 1.807) is 20.8 Å². The van der Waals surface area contributed by atoms with E-state index in [4.69, 9.17) is 15.4 Å². The van der Waals surface area contributed by atoms with Crippen LogP contribution in [0.5, 0.6) is 0 Å². The van der Waals surface area contributed by atoms with E-state index >= 15 is 0 Å². The highest BCUT2D eigenvalue weighted by molar-refractivity contribution is 8.13. The van der Waals surface area contributed by atoms with Crippen LogP contribution in [0, 0.1) is 5.41 Å². The van der Waals surface area contributed by atoms with Crippen LogP contribution in [0.4, 0.5) is 4.79 Å². The molecule has 136 valence electrons. The Labute approximate surface area is 149 Å². The van der Waals surface area contributed by atoms with Gasteiger partial charge in [0, 0.05) is 23.1 Å². The molecule has 0 fully saturated rings. The number of ether oxygens (including phenoxy) is 1. The van der Waals surface area contributed by atoms with Crippen LogP contribution >= 0.6 is 10.7 Å². The molecular weight excluding hydrogens is 350 g/mol. The van der Waals surface area contributed by atoms with Crippen LogP contribution in [-0.2, 0) is 13.8 Å². The van der Waals surface area contributed by atoms with E-state index in [0.29, 0.717) is 0 Å². The summed E-state index contributed by atoms with van der Waals surface area (Å²) in [5.74, 6) is -0.434. The average Bonchev–Trinajstić information content (AvgIpc) is 2.34. The fourth-order valence-electron chi connectivity index (χ4n) is 2.58. The molecule has 0 aliphatic carbocycles. The first kappa shape index (κ1) is 20.8. The summed E-state index contributed by atoms with van der Waals surface area (Å²) in [5.41, 5.74) is -0.336. The van der Waals surface area contributed by atoms with E-state index in [0.717, 1.165) is 5.56 Å². The molecule has 1 aromatic rings. The summed E-state index contributed by atoms with van der Waals surface area (Å²) in [4.78, 5) is 11.9. The lowest BCUT2D eigenvalue weighted by molar-refractivity contribution is 0.0517. The Morgan fingerprint density at radius 3 is 2.17 bits per heavy atom. The summed E-state index contributed by atoms with van der Waals surface area (Å²) in [6, 6.07) is 9.45. The molecule has 1 N–H and O–H groups in total. The minimum absolute atomic E-state index is 0.197. The molecule has 5 nitrogen and oxygen atoms in total. The van der Waals surface area contributed by atoms with Gasteiger partial charge < -0.3 is 10.1 Å². The van der Waals surface area contributed by atoms with Gasteiger partial charge in [0.25, 0.3) is 0 Å². The van der Waals surface area contributed by atoms with Crippen molar-refractivity contribution in [1.29, 1.82) is 0 Å². The third kappa shape index (κ3) is 7.53. The predicted molar refractivity (Wildman–Crippen MR) is 96.8 cm³/mol. The van der Waals surface area contributed by atoms with E-state index in [-0.39, 0.29) is 18.2 Å². The summed E-state index contributed by atoms with van der Waals surface area (Å²) in [6.07, 6.45) is -0.534. The summed E-state index contributed by atoms with van der Waals surface area (Å²) in [5, 5.41) is 2.73. The van der Waals surface area contributed by atoms with E-state index in [9.17, 15) is 13.2 Å². The molecule has 0 radical (unpaired) electrons. The Bertz CT molecular complexity index is 651.